The summed E-state index contributed by atoms with van der Waals surface area (Å²) in [7, 11) is 1.28. The van der Waals surface area contributed by atoms with E-state index in [2.05, 4.69) is 21.1 Å². The Kier molecular flexibility index (Phi) is 7.46. The quantitative estimate of drug-likeness (QED) is 0.261. The van der Waals surface area contributed by atoms with Crippen molar-refractivity contribution in [3.05, 3.63) is 76.5 Å². The lowest BCUT2D eigenvalue weighted by atomic mass is 9.92. The highest BCUT2D eigenvalue weighted by atomic mass is 19.4. The van der Waals surface area contributed by atoms with E-state index in [0.29, 0.717) is 6.07 Å². The van der Waals surface area contributed by atoms with E-state index in [0.717, 1.165) is 31.2 Å². The third-order valence-electron chi connectivity index (χ3n) is 5.86. The van der Waals surface area contributed by atoms with Crippen molar-refractivity contribution in [3.8, 4) is 17.2 Å². The number of carbonyl (C=O) groups is 4. The third-order valence-corrected chi connectivity index (χ3v) is 5.86. The van der Waals surface area contributed by atoms with Crippen LogP contribution in [0.25, 0.3) is 22.1 Å². The van der Waals surface area contributed by atoms with Gasteiger partial charge in [-0.1, -0.05) is 11.2 Å². The molecule has 4 N–H and O–H groups in total. The van der Waals surface area contributed by atoms with Crippen LogP contribution in [0, 0.1) is 11.3 Å². The number of nitrogens with zero attached hydrogens (tertiary/aromatic N) is 2. The van der Waals surface area contributed by atoms with Gasteiger partial charge in [0.2, 0.25) is 5.91 Å². The second-order valence-corrected chi connectivity index (χ2v) is 8.58. The van der Waals surface area contributed by atoms with Gasteiger partial charge in [-0.2, -0.15) is 18.4 Å². The SMILES string of the molecule is CNC(=O)c1cc2onc(C(=O)Nc3ccc(C#N)cc3C(=O)O)c2cc1-c1ccc(NC(C)=O)cc1C(F)(F)F. The second kappa shape index (κ2) is 10.8. The van der Waals surface area contributed by atoms with Gasteiger partial charge in [-0.3, -0.25) is 14.4 Å². The lowest BCUT2D eigenvalue weighted by Crippen LogP contribution is -2.19. The zero-order valence-corrected chi connectivity index (χ0v) is 21.1. The normalized spacial score (nSPS) is 11.0. The number of hydrogen-bond donors (Lipinski definition) is 4. The Balaban J connectivity index is 1.89. The number of carbonyl (C=O) groups excluding carboxylic acids is 3. The van der Waals surface area contributed by atoms with Crippen molar-refractivity contribution in [1.29, 1.82) is 5.26 Å². The van der Waals surface area contributed by atoms with Crippen LogP contribution < -0.4 is 16.0 Å². The number of aromatic nitrogens is 1. The van der Waals surface area contributed by atoms with Gasteiger partial charge in [0.25, 0.3) is 11.8 Å². The zero-order valence-electron chi connectivity index (χ0n) is 21.1. The fourth-order valence-electron chi connectivity index (χ4n) is 4.07. The number of anilines is 2. The minimum absolute atomic E-state index is 0.0312. The van der Waals surface area contributed by atoms with E-state index >= 15 is 0 Å². The second-order valence-electron chi connectivity index (χ2n) is 8.58. The monoisotopic (exact) mass is 565 g/mol. The van der Waals surface area contributed by atoms with E-state index in [4.69, 9.17) is 9.78 Å². The molecule has 3 aromatic carbocycles. The maximum absolute atomic E-state index is 14.2. The minimum atomic E-state index is -4.91. The number of hydrogen-bond acceptors (Lipinski definition) is 7. The molecule has 0 bridgehead atoms. The van der Waals surface area contributed by atoms with Crippen LogP contribution in [-0.4, -0.2) is 41.0 Å². The van der Waals surface area contributed by atoms with E-state index in [-0.39, 0.29) is 44.6 Å². The van der Waals surface area contributed by atoms with Crippen molar-refractivity contribution in [2.45, 2.75) is 13.1 Å². The fourth-order valence-corrected chi connectivity index (χ4v) is 4.07. The molecule has 0 unspecified atom stereocenters. The first kappa shape index (κ1) is 28.3. The van der Waals surface area contributed by atoms with E-state index in [1.54, 1.807) is 6.07 Å². The van der Waals surface area contributed by atoms with Crippen molar-refractivity contribution < 1.29 is 42.0 Å². The van der Waals surface area contributed by atoms with Gasteiger partial charge >= 0.3 is 12.1 Å². The number of nitrogens with one attached hydrogen (secondary N) is 3. The standard InChI is InChI=1S/C27H18F3N5O6/c1-12(36)33-14-4-5-15(20(8-14)27(28,29)30)16-9-19-22(10-17(16)24(37)32-2)41-35-23(19)25(38)34-21-6-3-13(11-31)7-18(21)26(39)40/h3-10H,1-2H3,(H,32,37)(H,33,36)(H,34,38)(H,39,40). The van der Waals surface area contributed by atoms with E-state index in [1.807, 2.05) is 0 Å². The van der Waals surface area contributed by atoms with Crippen LogP contribution >= 0.6 is 0 Å². The topological polar surface area (TPSA) is 174 Å². The molecule has 11 nitrogen and oxygen atoms in total. The van der Waals surface area contributed by atoms with Crippen LogP contribution in [-0.2, 0) is 11.0 Å². The summed E-state index contributed by atoms with van der Waals surface area (Å²) in [5.74, 6) is -3.74. The molecule has 0 atom stereocenters. The Bertz CT molecular complexity index is 1790. The summed E-state index contributed by atoms with van der Waals surface area (Å²) in [5.41, 5.74) is -3.22. The molecule has 4 aromatic rings. The van der Waals surface area contributed by atoms with E-state index in [9.17, 15) is 37.5 Å². The number of fused-ring (bicyclic) bond motifs is 1. The molecule has 0 fully saturated rings. The first-order chi connectivity index (χ1) is 19.3. The van der Waals surface area contributed by atoms with Crippen molar-refractivity contribution in [2.24, 2.45) is 0 Å². The van der Waals surface area contributed by atoms with Crippen LogP contribution in [0.3, 0.4) is 0 Å². The number of rotatable bonds is 6. The molecule has 0 saturated carbocycles. The van der Waals surface area contributed by atoms with Crippen LogP contribution in [0.5, 0.6) is 0 Å². The fraction of sp³-hybridized carbons (Fsp3) is 0.111. The number of benzene rings is 3. The molecule has 0 aliphatic rings. The number of carboxylic acids is 1. The van der Waals surface area contributed by atoms with Gasteiger partial charge in [0.15, 0.2) is 11.3 Å². The predicted molar refractivity (Wildman–Crippen MR) is 138 cm³/mol. The maximum atomic E-state index is 14.2. The number of nitriles is 1. The Morgan fingerprint density at radius 2 is 1.68 bits per heavy atom. The first-order valence-corrected chi connectivity index (χ1v) is 11.6. The molecular weight excluding hydrogens is 547 g/mol. The number of halogens is 3. The van der Waals surface area contributed by atoms with Gasteiger partial charge < -0.3 is 25.6 Å². The predicted octanol–water partition coefficient (Wildman–Crippen LogP) is 4.65. The van der Waals surface area contributed by atoms with Crippen LogP contribution in [0.2, 0.25) is 0 Å². The molecule has 1 aromatic heterocycles. The third kappa shape index (κ3) is 5.69. The number of carboxylic acid groups (broad SMARTS) is 1. The van der Waals surface area contributed by atoms with Crippen LogP contribution in [0.1, 0.15) is 49.3 Å². The lowest BCUT2D eigenvalue weighted by Gasteiger charge is -2.17. The van der Waals surface area contributed by atoms with Gasteiger partial charge in [-0.25, -0.2) is 4.79 Å². The lowest BCUT2D eigenvalue weighted by molar-refractivity contribution is -0.137. The number of amides is 3. The van der Waals surface area contributed by atoms with Crippen molar-refractivity contribution >= 4 is 46.0 Å². The van der Waals surface area contributed by atoms with Crippen LogP contribution in [0.15, 0.2) is 53.1 Å². The molecule has 1 heterocycles. The highest BCUT2D eigenvalue weighted by molar-refractivity contribution is 6.14. The molecule has 0 saturated heterocycles. The van der Waals surface area contributed by atoms with Crippen molar-refractivity contribution in [3.63, 3.8) is 0 Å². The van der Waals surface area contributed by atoms with Gasteiger partial charge in [-0.15, -0.1) is 0 Å². The molecule has 3 amide bonds. The average molecular weight is 565 g/mol. The summed E-state index contributed by atoms with van der Waals surface area (Å²) >= 11 is 0. The molecule has 208 valence electrons. The Morgan fingerprint density at radius 3 is 2.29 bits per heavy atom. The molecular formula is C27H18F3N5O6. The summed E-state index contributed by atoms with van der Waals surface area (Å²) in [6, 6.07) is 10.6. The average Bonchev–Trinajstić information content (AvgIpc) is 3.34. The first-order valence-electron chi connectivity index (χ1n) is 11.6. The van der Waals surface area contributed by atoms with Crippen LogP contribution in [0.4, 0.5) is 24.5 Å². The van der Waals surface area contributed by atoms with Crippen molar-refractivity contribution in [2.75, 3.05) is 17.7 Å². The Labute approximate surface area is 228 Å². The van der Waals surface area contributed by atoms with Gasteiger partial charge in [0.05, 0.1) is 39.4 Å². The molecule has 41 heavy (non-hydrogen) atoms. The van der Waals surface area contributed by atoms with Gasteiger partial charge in [0, 0.05) is 19.7 Å². The van der Waals surface area contributed by atoms with E-state index in [1.165, 1.54) is 25.2 Å². The van der Waals surface area contributed by atoms with Crippen molar-refractivity contribution in [1.82, 2.24) is 10.5 Å². The highest BCUT2D eigenvalue weighted by Gasteiger charge is 2.35. The minimum Gasteiger partial charge on any atom is -0.478 e. The molecule has 14 heteroatoms. The zero-order chi connectivity index (χ0) is 30.1. The number of aromatic carboxylic acids is 1. The van der Waals surface area contributed by atoms with Gasteiger partial charge in [0.1, 0.15) is 0 Å². The molecule has 0 spiro atoms. The number of alkyl halides is 3. The molecule has 4 rings (SSSR count). The maximum Gasteiger partial charge on any atom is 0.417 e. The largest absolute Gasteiger partial charge is 0.478 e. The summed E-state index contributed by atoms with van der Waals surface area (Å²) in [4.78, 5) is 48.9. The highest BCUT2D eigenvalue weighted by Crippen LogP contribution is 2.41. The molecule has 0 aliphatic heterocycles. The summed E-state index contributed by atoms with van der Waals surface area (Å²) in [6.45, 7) is 1.13. The smallest absolute Gasteiger partial charge is 0.417 e. The Morgan fingerprint density at radius 1 is 0.951 bits per heavy atom. The van der Waals surface area contributed by atoms with Gasteiger partial charge in [-0.05, 0) is 53.6 Å². The summed E-state index contributed by atoms with van der Waals surface area (Å²) < 4.78 is 47.6. The summed E-state index contributed by atoms with van der Waals surface area (Å²) in [5, 5.41) is 29.1. The summed E-state index contributed by atoms with van der Waals surface area (Å²) in [6.07, 6.45) is -4.91. The van der Waals surface area contributed by atoms with E-state index < -0.39 is 46.7 Å². The molecule has 0 radical (unpaired) electrons. The Hall–Kier alpha value is -5.71. The molecule has 0 aliphatic carbocycles.